The van der Waals surface area contributed by atoms with Crippen LogP contribution >= 0.6 is 0 Å². The molecule has 3 rings (SSSR count). The number of aliphatic hydroxyl groups is 1. The maximum absolute atomic E-state index is 11.1. The predicted molar refractivity (Wildman–Crippen MR) is 87.8 cm³/mol. The molecule has 0 atom stereocenters. The molecule has 1 saturated heterocycles. The molecule has 0 saturated carbocycles. The number of hydrogen-bond donors (Lipinski definition) is 2. The van der Waals surface area contributed by atoms with Crippen molar-refractivity contribution < 1.29 is 15.0 Å². The zero-order valence-corrected chi connectivity index (χ0v) is 12.9. The molecule has 2 N–H and O–H groups in total. The lowest BCUT2D eigenvalue weighted by atomic mass is 9.73. The lowest BCUT2D eigenvalue weighted by Crippen LogP contribution is -2.45. The number of aromatic nitrogens is 1. The van der Waals surface area contributed by atoms with Crippen LogP contribution in [-0.2, 0) is 5.41 Å². The van der Waals surface area contributed by atoms with Crippen molar-refractivity contribution in [1.82, 2.24) is 4.98 Å². The Hall–Kier alpha value is -2.40. The van der Waals surface area contributed by atoms with Crippen molar-refractivity contribution in [3.8, 4) is 0 Å². The molecule has 0 radical (unpaired) electrons. The maximum Gasteiger partial charge on any atom is 0.354 e. The van der Waals surface area contributed by atoms with Gasteiger partial charge >= 0.3 is 5.97 Å². The summed E-state index contributed by atoms with van der Waals surface area (Å²) >= 11 is 0. The lowest BCUT2D eigenvalue weighted by molar-refractivity contribution is 0.0690. The van der Waals surface area contributed by atoms with Crippen LogP contribution in [0.2, 0.25) is 0 Å². The first-order valence-corrected chi connectivity index (χ1v) is 7.76. The van der Waals surface area contributed by atoms with Crippen LogP contribution in [0.4, 0.5) is 5.82 Å². The number of aromatic carboxylic acids is 1. The van der Waals surface area contributed by atoms with Gasteiger partial charge < -0.3 is 15.1 Å². The van der Waals surface area contributed by atoms with E-state index in [1.54, 1.807) is 6.07 Å². The Morgan fingerprint density at radius 1 is 1.09 bits per heavy atom. The molecule has 0 bridgehead atoms. The second kappa shape index (κ2) is 6.38. The largest absolute Gasteiger partial charge is 0.477 e. The molecule has 5 heteroatoms. The Kier molecular flexibility index (Phi) is 4.30. The van der Waals surface area contributed by atoms with Crippen LogP contribution in [0.15, 0.2) is 48.5 Å². The maximum atomic E-state index is 11.1. The van der Waals surface area contributed by atoms with Crippen LogP contribution in [0.3, 0.4) is 0 Å². The van der Waals surface area contributed by atoms with Gasteiger partial charge in [-0.1, -0.05) is 36.4 Å². The molecule has 0 aliphatic carbocycles. The molecule has 5 nitrogen and oxygen atoms in total. The van der Waals surface area contributed by atoms with Gasteiger partial charge in [0.2, 0.25) is 0 Å². The summed E-state index contributed by atoms with van der Waals surface area (Å²) in [5.74, 6) is -0.331. The number of carboxylic acid groups (broad SMARTS) is 1. The van der Waals surface area contributed by atoms with Crippen molar-refractivity contribution in [2.45, 2.75) is 18.3 Å². The fraction of sp³-hybridized carbons (Fsp3) is 0.333. The van der Waals surface area contributed by atoms with E-state index in [-0.39, 0.29) is 17.7 Å². The van der Waals surface area contributed by atoms with Crippen LogP contribution in [0, 0.1) is 0 Å². The van der Waals surface area contributed by atoms with E-state index in [1.807, 2.05) is 24.3 Å². The van der Waals surface area contributed by atoms with Crippen molar-refractivity contribution in [1.29, 1.82) is 0 Å². The van der Waals surface area contributed by atoms with Crippen LogP contribution in [0.5, 0.6) is 0 Å². The Labute approximate surface area is 135 Å². The molecule has 2 heterocycles. The smallest absolute Gasteiger partial charge is 0.354 e. The summed E-state index contributed by atoms with van der Waals surface area (Å²) < 4.78 is 0. The van der Waals surface area contributed by atoms with E-state index in [0.717, 1.165) is 31.5 Å². The Morgan fingerprint density at radius 2 is 1.78 bits per heavy atom. The first-order chi connectivity index (χ1) is 11.1. The van der Waals surface area contributed by atoms with Gasteiger partial charge in [0.15, 0.2) is 5.69 Å². The zero-order chi connectivity index (χ0) is 16.3. The number of pyridine rings is 1. The van der Waals surface area contributed by atoms with Crippen molar-refractivity contribution in [3.05, 3.63) is 59.8 Å². The highest BCUT2D eigenvalue weighted by molar-refractivity contribution is 5.85. The van der Waals surface area contributed by atoms with Gasteiger partial charge in [0.05, 0.1) is 6.61 Å². The predicted octanol–water partition coefficient (Wildman–Crippen LogP) is 2.31. The Morgan fingerprint density at radius 3 is 2.39 bits per heavy atom. The van der Waals surface area contributed by atoms with Gasteiger partial charge in [-0.3, -0.25) is 0 Å². The molecule has 0 spiro atoms. The third-order valence-corrected chi connectivity index (χ3v) is 4.69. The highest BCUT2D eigenvalue weighted by Gasteiger charge is 2.36. The average Bonchev–Trinajstić information content (AvgIpc) is 2.62. The number of carboxylic acids is 1. The minimum atomic E-state index is -1.02. The summed E-state index contributed by atoms with van der Waals surface area (Å²) in [6.45, 7) is 1.60. The van der Waals surface area contributed by atoms with Crippen molar-refractivity contribution in [2.24, 2.45) is 0 Å². The number of hydrogen-bond acceptors (Lipinski definition) is 4. The normalized spacial score (nSPS) is 17.0. The number of carbonyl (C=O) groups is 1. The fourth-order valence-corrected chi connectivity index (χ4v) is 3.21. The second-order valence-electron chi connectivity index (χ2n) is 5.98. The van der Waals surface area contributed by atoms with Gasteiger partial charge in [-0.15, -0.1) is 0 Å². The number of aliphatic hydroxyl groups excluding tert-OH is 1. The molecule has 0 unspecified atom stereocenters. The summed E-state index contributed by atoms with van der Waals surface area (Å²) in [5.41, 5.74) is 1.00. The van der Waals surface area contributed by atoms with Gasteiger partial charge in [-0.2, -0.15) is 0 Å². The van der Waals surface area contributed by atoms with Crippen molar-refractivity contribution in [3.63, 3.8) is 0 Å². The highest BCUT2D eigenvalue weighted by atomic mass is 16.4. The average molecular weight is 312 g/mol. The van der Waals surface area contributed by atoms with Crippen molar-refractivity contribution in [2.75, 3.05) is 24.6 Å². The quantitative estimate of drug-likeness (QED) is 0.906. The Balaban J connectivity index is 1.77. The van der Waals surface area contributed by atoms with Gasteiger partial charge in [0, 0.05) is 18.5 Å². The third-order valence-electron chi connectivity index (χ3n) is 4.69. The van der Waals surface area contributed by atoms with Crippen molar-refractivity contribution >= 4 is 11.8 Å². The molecule has 2 aromatic rings. The number of piperidine rings is 1. The molecule has 23 heavy (non-hydrogen) atoms. The molecule has 1 aliphatic heterocycles. The molecule has 120 valence electrons. The van der Waals surface area contributed by atoms with Gasteiger partial charge in [-0.25, -0.2) is 9.78 Å². The SMILES string of the molecule is O=C(O)c1cccc(N2CCC(CO)(c3ccccc3)CC2)n1. The molecular formula is C18H20N2O3. The number of anilines is 1. The highest BCUT2D eigenvalue weighted by Crippen LogP contribution is 2.36. The Bertz CT molecular complexity index is 680. The third kappa shape index (κ3) is 3.05. The molecule has 1 aliphatic rings. The van der Waals surface area contributed by atoms with Crippen LogP contribution in [0.1, 0.15) is 28.9 Å². The van der Waals surface area contributed by atoms with E-state index in [2.05, 4.69) is 22.0 Å². The van der Waals surface area contributed by atoms with E-state index in [1.165, 1.54) is 6.07 Å². The summed E-state index contributed by atoms with van der Waals surface area (Å²) in [6.07, 6.45) is 1.62. The molecule has 0 amide bonds. The van der Waals surface area contributed by atoms with E-state index in [0.29, 0.717) is 5.82 Å². The van der Waals surface area contributed by atoms with Gasteiger partial charge in [-0.05, 0) is 30.5 Å². The summed E-state index contributed by atoms with van der Waals surface area (Å²) in [6, 6.07) is 15.2. The minimum absolute atomic E-state index is 0.0598. The second-order valence-corrected chi connectivity index (χ2v) is 5.98. The van der Waals surface area contributed by atoms with E-state index < -0.39 is 5.97 Å². The van der Waals surface area contributed by atoms with Crippen LogP contribution < -0.4 is 4.90 Å². The number of rotatable bonds is 4. The zero-order valence-electron chi connectivity index (χ0n) is 12.9. The van der Waals surface area contributed by atoms with Gasteiger partial charge in [0.25, 0.3) is 0 Å². The molecule has 1 fully saturated rings. The number of benzene rings is 1. The van der Waals surface area contributed by atoms with Crippen LogP contribution in [0.25, 0.3) is 0 Å². The molecule has 1 aromatic carbocycles. The summed E-state index contributed by atoms with van der Waals surface area (Å²) in [7, 11) is 0. The summed E-state index contributed by atoms with van der Waals surface area (Å²) in [4.78, 5) is 17.3. The first-order valence-electron chi connectivity index (χ1n) is 7.76. The van der Waals surface area contributed by atoms with Crippen LogP contribution in [-0.4, -0.2) is 40.9 Å². The first kappa shape index (κ1) is 15.5. The lowest BCUT2D eigenvalue weighted by Gasteiger charge is -2.41. The number of nitrogens with zero attached hydrogens (tertiary/aromatic N) is 2. The topological polar surface area (TPSA) is 73.7 Å². The molecule has 1 aromatic heterocycles. The van der Waals surface area contributed by atoms with E-state index in [9.17, 15) is 9.90 Å². The van der Waals surface area contributed by atoms with E-state index >= 15 is 0 Å². The monoisotopic (exact) mass is 312 g/mol. The standard InChI is InChI=1S/C18H20N2O3/c21-13-18(14-5-2-1-3-6-14)9-11-20(12-10-18)16-8-4-7-15(19-16)17(22)23/h1-8,21H,9-13H2,(H,22,23). The van der Waals surface area contributed by atoms with E-state index in [4.69, 9.17) is 5.11 Å². The minimum Gasteiger partial charge on any atom is -0.477 e. The molecular weight excluding hydrogens is 292 g/mol. The fourth-order valence-electron chi connectivity index (χ4n) is 3.21. The van der Waals surface area contributed by atoms with Gasteiger partial charge in [0.1, 0.15) is 5.82 Å². The summed E-state index contributed by atoms with van der Waals surface area (Å²) in [5, 5.41) is 19.0.